The highest BCUT2D eigenvalue weighted by Gasteiger charge is 2.50. The molecule has 2 aliphatic heterocycles. The zero-order chi connectivity index (χ0) is 22.6. The molecule has 0 aromatic heterocycles. The number of anilines is 1. The molecule has 0 radical (unpaired) electrons. The van der Waals surface area contributed by atoms with E-state index in [1.165, 1.54) is 13.8 Å². The van der Waals surface area contributed by atoms with Gasteiger partial charge in [0.25, 0.3) is 5.91 Å². The minimum atomic E-state index is -5.06. The number of amides is 1. The van der Waals surface area contributed by atoms with Gasteiger partial charge in [-0.2, -0.15) is 31.3 Å². The maximum atomic E-state index is 13.3. The van der Waals surface area contributed by atoms with Crippen molar-refractivity contribution in [2.24, 2.45) is 10.9 Å². The summed E-state index contributed by atoms with van der Waals surface area (Å²) in [6.45, 7) is 3.07. The number of nitrogens with zero attached hydrogens (tertiary/aromatic N) is 2. The number of carbonyl (C=O) groups is 1. The van der Waals surface area contributed by atoms with Crippen molar-refractivity contribution < 1.29 is 39.6 Å². The smallest absolute Gasteiger partial charge is 0.316 e. The molecule has 0 saturated carbocycles. The summed E-state index contributed by atoms with van der Waals surface area (Å²) in [6, 6.07) is 0.0890. The van der Waals surface area contributed by atoms with Crippen LogP contribution >= 0.6 is 11.8 Å². The molecule has 166 valence electrons. The fraction of sp³-hybridized carbons (Fsp3) is 0.529. The van der Waals surface area contributed by atoms with E-state index in [1.807, 2.05) is 0 Å². The predicted octanol–water partition coefficient (Wildman–Crippen LogP) is 3.98. The maximum absolute atomic E-state index is 13.3. The molecule has 2 saturated heterocycles. The topological polar surface area (TPSA) is 66.8 Å². The molecule has 0 unspecified atom stereocenters. The van der Waals surface area contributed by atoms with Gasteiger partial charge in [0, 0.05) is 16.9 Å². The molecular formula is C17H16F6N2O3S2. The Morgan fingerprint density at radius 1 is 1.07 bits per heavy atom. The van der Waals surface area contributed by atoms with Crippen molar-refractivity contribution in [3.63, 3.8) is 0 Å². The van der Waals surface area contributed by atoms with Gasteiger partial charge in [0.1, 0.15) is 0 Å². The Hall–Kier alpha value is -1.76. The van der Waals surface area contributed by atoms with E-state index >= 15 is 0 Å². The number of halogens is 6. The Morgan fingerprint density at radius 2 is 1.60 bits per heavy atom. The van der Waals surface area contributed by atoms with Crippen LogP contribution in [-0.4, -0.2) is 42.3 Å². The summed E-state index contributed by atoms with van der Waals surface area (Å²) in [5.41, 5.74) is -3.57. The van der Waals surface area contributed by atoms with Crippen LogP contribution in [0.4, 0.5) is 32.0 Å². The lowest BCUT2D eigenvalue weighted by Gasteiger charge is -2.26. The first kappa shape index (κ1) is 22.9. The molecule has 0 N–H and O–H groups in total. The summed E-state index contributed by atoms with van der Waals surface area (Å²) in [7, 11) is -3.54. The molecule has 0 aliphatic carbocycles. The van der Waals surface area contributed by atoms with Crippen LogP contribution in [0.2, 0.25) is 0 Å². The number of amidine groups is 1. The van der Waals surface area contributed by atoms with Crippen molar-refractivity contribution in [1.82, 2.24) is 0 Å². The second-order valence-corrected chi connectivity index (χ2v) is 10.7. The third-order valence-corrected chi connectivity index (χ3v) is 7.83. The van der Waals surface area contributed by atoms with Gasteiger partial charge in [0.15, 0.2) is 15.0 Å². The summed E-state index contributed by atoms with van der Waals surface area (Å²) >= 11 is 0.872. The number of aliphatic imine (C=N–C) groups is 1. The highest BCUT2D eigenvalue weighted by Crippen LogP contribution is 2.44. The number of thioether (sulfide) groups is 1. The number of benzene rings is 1. The van der Waals surface area contributed by atoms with Gasteiger partial charge in [-0.15, -0.1) is 0 Å². The van der Waals surface area contributed by atoms with Gasteiger partial charge in [-0.25, -0.2) is 8.42 Å². The van der Waals surface area contributed by atoms with Crippen LogP contribution < -0.4 is 4.90 Å². The highest BCUT2D eigenvalue weighted by atomic mass is 32.2. The second-order valence-electron chi connectivity index (χ2n) is 7.32. The number of sulfone groups is 1. The maximum Gasteiger partial charge on any atom is 0.416 e. The van der Waals surface area contributed by atoms with Crippen LogP contribution in [0.25, 0.3) is 0 Å². The van der Waals surface area contributed by atoms with Crippen LogP contribution in [0, 0.1) is 5.92 Å². The van der Waals surface area contributed by atoms with E-state index in [9.17, 15) is 39.6 Å². The van der Waals surface area contributed by atoms with Crippen LogP contribution in [0.1, 0.15) is 25.0 Å². The number of alkyl halides is 6. The molecule has 0 bridgehead atoms. The van der Waals surface area contributed by atoms with Gasteiger partial charge >= 0.3 is 12.4 Å². The summed E-state index contributed by atoms with van der Waals surface area (Å²) in [4.78, 5) is 16.9. The van der Waals surface area contributed by atoms with Crippen LogP contribution in [-0.2, 0) is 27.0 Å². The molecule has 0 spiro atoms. The predicted molar refractivity (Wildman–Crippen MR) is 100 cm³/mol. The molecular weight excluding hydrogens is 458 g/mol. The van der Waals surface area contributed by atoms with E-state index < -0.39 is 67.9 Å². The summed E-state index contributed by atoms with van der Waals surface area (Å²) in [5.74, 6) is -1.94. The molecule has 2 atom stereocenters. The molecule has 2 heterocycles. The second kappa shape index (κ2) is 7.43. The molecule has 1 amide bonds. The normalized spacial score (nSPS) is 25.2. The number of hydrogen-bond acceptors (Lipinski definition) is 4. The molecule has 13 heteroatoms. The first-order chi connectivity index (χ1) is 13.6. The third-order valence-electron chi connectivity index (χ3n) is 4.62. The van der Waals surface area contributed by atoms with E-state index in [-0.39, 0.29) is 17.0 Å². The van der Waals surface area contributed by atoms with Gasteiger partial charge in [0.05, 0.1) is 28.7 Å². The van der Waals surface area contributed by atoms with Gasteiger partial charge in [0.2, 0.25) is 0 Å². The fourth-order valence-electron chi connectivity index (χ4n) is 3.17. The zero-order valence-corrected chi connectivity index (χ0v) is 17.2. The first-order valence-corrected chi connectivity index (χ1v) is 11.4. The van der Waals surface area contributed by atoms with E-state index in [4.69, 9.17) is 0 Å². The van der Waals surface area contributed by atoms with Gasteiger partial charge in [-0.1, -0.05) is 25.6 Å². The molecule has 2 fully saturated rings. The molecule has 2 aliphatic rings. The third kappa shape index (κ3) is 4.61. The fourth-order valence-corrected chi connectivity index (χ4v) is 7.09. The highest BCUT2D eigenvalue weighted by molar-refractivity contribution is 8.16. The van der Waals surface area contributed by atoms with Gasteiger partial charge in [-0.3, -0.25) is 4.79 Å². The standard InChI is InChI=1S/C17H16F6N2O3S2/c1-8(2)14(26)24-15-25(12-6-30(27,28)7-13(12)29-15)11-4-9(16(18,19)20)3-10(5-11)17(21,22)23/h3-5,8,12-13H,6-7H2,1-2H3/t12-,13-/m1/s1. The molecule has 3 rings (SSSR count). The van der Waals surface area contributed by atoms with E-state index in [2.05, 4.69) is 4.99 Å². The minimum absolute atomic E-state index is 0.00826. The van der Waals surface area contributed by atoms with Crippen molar-refractivity contribution in [3.05, 3.63) is 29.3 Å². The van der Waals surface area contributed by atoms with E-state index in [0.29, 0.717) is 12.1 Å². The van der Waals surface area contributed by atoms with Crippen molar-refractivity contribution in [3.8, 4) is 0 Å². The summed E-state index contributed by atoms with van der Waals surface area (Å²) in [5, 5.41) is -0.761. The Morgan fingerprint density at radius 3 is 2.07 bits per heavy atom. The van der Waals surface area contributed by atoms with Crippen molar-refractivity contribution in [1.29, 1.82) is 0 Å². The van der Waals surface area contributed by atoms with Crippen LogP contribution in [0.5, 0.6) is 0 Å². The van der Waals surface area contributed by atoms with Crippen LogP contribution in [0.3, 0.4) is 0 Å². The molecule has 1 aromatic rings. The number of rotatable bonds is 2. The van der Waals surface area contributed by atoms with Crippen molar-refractivity contribution in [2.75, 3.05) is 16.4 Å². The van der Waals surface area contributed by atoms with Gasteiger partial charge < -0.3 is 4.90 Å². The van der Waals surface area contributed by atoms with Crippen LogP contribution in [0.15, 0.2) is 23.2 Å². The number of hydrogen-bond donors (Lipinski definition) is 0. The lowest BCUT2D eigenvalue weighted by molar-refractivity contribution is -0.143. The quantitative estimate of drug-likeness (QED) is 0.607. The average molecular weight is 474 g/mol. The lowest BCUT2D eigenvalue weighted by atomic mass is 10.1. The lowest BCUT2D eigenvalue weighted by Crippen LogP contribution is -2.38. The molecule has 30 heavy (non-hydrogen) atoms. The van der Waals surface area contributed by atoms with E-state index in [1.54, 1.807) is 0 Å². The Labute approximate surface area is 172 Å². The minimum Gasteiger partial charge on any atom is -0.316 e. The first-order valence-electron chi connectivity index (χ1n) is 8.67. The SMILES string of the molecule is CC(C)C(=O)N=C1S[C@@H]2CS(=O)(=O)C[C@H]2N1c1cc(C(F)(F)F)cc(C(F)(F)F)c1. The van der Waals surface area contributed by atoms with E-state index in [0.717, 1.165) is 16.7 Å². The summed E-state index contributed by atoms with van der Waals surface area (Å²) < 4.78 is 104. The molecule has 1 aromatic carbocycles. The van der Waals surface area contributed by atoms with Crippen molar-refractivity contribution >= 4 is 38.4 Å². The Bertz CT molecular complexity index is 969. The summed E-state index contributed by atoms with van der Waals surface area (Å²) in [6.07, 6.45) is -10.1. The zero-order valence-electron chi connectivity index (χ0n) is 15.6. The Balaban J connectivity index is 2.18. The monoisotopic (exact) mass is 474 g/mol. The van der Waals surface area contributed by atoms with Crippen molar-refractivity contribution in [2.45, 2.75) is 37.5 Å². The number of fused-ring (bicyclic) bond motifs is 1. The Kier molecular flexibility index (Phi) is 5.68. The molecule has 5 nitrogen and oxygen atoms in total. The average Bonchev–Trinajstić information content (AvgIpc) is 3.03. The van der Waals surface area contributed by atoms with Gasteiger partial charge in [-0.05, 0) is 18.2 Å². The largest absolute Gasteiger partial charge is 0.416 e. The number of carbonyl (C=O) groups excluding carboxylic acids is 1.